The molecule has 29 heavy (non-hydrogen) atoms. The predicted molar refractivity (Wildman–Crippen MR) is 104 cm³/mol. The molecule has 0 spiro atoms. The smallest absolute Gasteiger partial charge is 0.406 e. The van der Waals surface area contributed by atoms with Crippen LogP contribution >= 0.6 is 23.2 Å². The highest BCUT2D eigenvalue weighted by molar-refractivity contribution is 6.42. The molecule has 2 aromatic rings. The van der Waals surface area contributed by atoms with Crippen LogP contribution in [0.25, 0.3) is 12.2 Å². The summed E-state index contributed by atoms with van der Waals surface area (Å²) in [4.78, 5) is 23.4. The molecule has 0 fully saturated rings. The molecule has 2 rings (SSSR count). The Morgan fingerprint density at radius 3 is 1.86 bits per heavy atom. The van der Waals surface area contributed by atoms with E-state index in [0.29, 0.717) is 21.2 Å². The Labute approximate surface area is 173 Å². The fourth-order valence-electron chi connectivity index (χ4n) is 1.95. The number of nitrogens with one attached hydrogen (secondary N) is 2. The SMILES string of the molecule is O=C(/C=C/c1ccc(OC(F)(F)F)cc1)NNC(=O)/C=C/c1ccc(Cl)c(Cl)c1. The zero-order chi connectivity index (χ0) is 21.4. The molecule has 0 aromatic heterocycles. The summed E-state index contributed by atoms with van der Waals surface area (Å²) in [5.74, 6) is -1.61. The lowest BCUT2D eigenvalue weighted by Gasteiger charge is -2.08. The van der Waals surface area contributed by atoms with Gasteiger partial charge in [0.1, 0.15) is 5.75 Å². The van der Waals surface area contributed by atoms with Gasteiger partial charge in [-0.15, -0.1) is 13.2 Å². The molecule has 0 bridgehead atoms. The van der Waals surface area contributed by atoms with Crippen LogP contribution in [-0.4, -0.2) is 18.2 Å². The maximum Gasteiger partial charge on any atom is 0.573 e. The fourth-order valence-corrected chi connectivity index (χ4v) is 2.25. The van der Waals surface area contributed by atoms with Gasteiger partial charge in [-0.1, -0.05) is 41.4 Å². The molecular formula is C19H13Cl2F3N2O3. The van der Waals surface area contributed by atoms with E-state index in [1.54, 1.807) is 18.2 Å². The summed E-state index contributed by atoms with van der Waals surface area (Å²) in [6.45, 7) is 0. The molecule has 0 saturated carbocycles. The Balaban J connectivity index is 1.81. The summed E-state index contributed by atoms with van der Waals surface area (Å²) >= 11 is 11.7. The van der Waals surface area contributed by atoms with Crippen molar-refractivity contribution in [2.24, 2.45) is 0 Å². The second-order valence-electron chi connectivity index (χ2n) is 5.44. The van der Waals surface area contributed by atoms with Crippen molar-refractivity contribution < 1.29 is 27.5 Å². The molecule has 0 aliphatic heterocycles. The van der Waals surface area contributed by atoms with Crippen molar-refractivity contribution in [1.29, 1.82) is 0 Å². The van der Waals surface area contributed by atoms with Gasteiger partial charge in [-0.3, -0.25) is 20.4 Å². The third kappa shape index (κ3) is 8.28. The number of benzene rings is 2. The third-order valence-electron chi connectivity index (χ3n) is 3.22. The molecule has 0 aliphatic carbocycles. The molecule has 10 heteroatoms. The maximum atomic E-state index is 12.1. The van der Waals surface area contributed by atoms with Gasteiger partial charge in [-0.25, -0.2) is 0 Å². The predicted octanol–water partition coefficient (Wildman–Crippen LogP) is 4.77. The first-order valence-electron chi connectivity index (χ1n) is 7.89. The number of amides is 2. The zero-order valence-electron chi connectivity index (χ0n) is 14.5. The molecule has 0 radical (unpaired) electrons. The van der Waals surface area contributed by atoms with Gasteiger partial charge in [-0.2, -0.15) is 0 Å². The first-order chi connectivity index (χ1) is 13.6. The first-order valence-corrected chi connectivity index (χ1v) is 8.65. The molecule has 0 aliphatic rings. The monoisotopic (exact) mass is 444 g/mol. The largest absolute Gasteiger partial charge is 0.573 e. The van der Waals surface area contributed by atoms with Crippen molar-refractivity contribution in [2.45, 2.75) is 6.36 Å². The van der Waals surface area contributed by atoms with Gasteiger partial charge in [0.05, 0.1) is 10.0 Å². The average molecular weight is 445 g/mol. The fraction of sp³-hybridized carbons (Fsp3) is 0.0526. The molecular weight excluding hydrogens is 432 g/mol. The molecule has 0 atom stereocenters. The van der Waals surface area contributed by atoms with Crippen LogP contribution in [0.1, 0.15) is 11.1 Å². The number of hydrazine groups is 1. The highest BCUT2D eigenvalue weighted by Crippen LogP contribution is 2.23. The van der Waals surface area contributed by atoms with E-state index in [0.717, 1.165) is 18.2 Å². The van der Waals surface area contributed by atoms with Crippen LogP contribution in [0.2, 0.25) is 10.0 Å². The van der Waals surface area contributed by atoms with Gasteiger partial charge in [0.15, 0.2) is 0 Å². The minimum atomic E-state index is -4.77. The first kappa shape index (κ1) is 22.3. The van der Waals surface area contributed by atoms with Crippen molar-refractivity contribution in [2.75, 3.05) is 0 Å². The third-order valence-corrected chi connectivity index (χ3v) is 3.96. The summed E-state index contributed by atoms with van der Waals surface area (Å²) in [6, 6.07) is 9.70. The second-order valence-corrected chi connectivity index (χ2v) is 6.25. The van der Waals surface area contributed by atoms with Gasteiger partial charge in [0.25, 0.3) is 11.8 Å². The number of carbonyl (C=O) groups is 2. The van der Waals surface area contributed by atoms with Crippen molar-refractivity contribution in [3.8, 4) is 5.75 Å². The van der Waals surface area contributed by atoms with E-state index in [1.807, 2.05) is 0 Å². The molecule has 2 aromatic carbocycles. The quantitative estimate of drug-likeness (QED) is 0.515. The van der Waals surface area contributed by atoms with E-state index in [4.69, 9.17) is 23.2 Å². The van der Waals surface area contributed by atoms with E-state index in [-0.39, 0.29) is 5.75 Å². The Morgan fingerprint density at radius 2 is 1.34 bits per heavy atom. The van der Waals surface area contributed by atoms with Crippen molar-refractivity contribution >= 4 is 47.2 Å². The number of hydrogen-bond acceptors (Lipinski definition) is 3. The lowest BCUT2D eigenvalue weighted by atomic mass is 10.2. The van der Waals surface area contributed by atoms with E-state index in [1.165, 1.54) is 30.4 Å². The Kier molecular flexibility index (Phi) is 7.69. The number of rotatable bonds is 5. The van der Waals surface area contributed by atoms with E-state index in [9.17, 15) is 22.8 Å². The van der Waals surface area contributed by atoms with E-state index >= 15 is 0 Å². The standard InChI is InChI=1S/C19H13Cl2F3N2O3/c20-15-8-3-13(11-16(15)21)5-10-18(28)26-25-17(27)9-4-12-1-6-14(7-2-12)29-19(22,23)24/h1-11H,(H,25,27)(H,26,28)/b9-4+,10-5+. The minimum Gasteiger partial charge on any atom is -0.406 e. The van der Waals surface area contributed by atoms with Crippen molar-refractivity contribution in [1.82, 2.24) is 10.9 Å². The van der Waals surface area contributed by atoms with Crippen LogP contribution in [0.5, 0.6) is 5.75 Å². The van der Waals surface area contributed by atoms with Crippen LogP contribution in [0, 0.1) is 0 Å². The summed E-state index contributed by atoms with van der Waals surface area (Å²) in [5.41, 5.74) is 5.42. The number of ether oxygens (including phenoxy) is 1. The normalized spacial score (nSPS) is 11.6. The lowest BCUT2D eigenvalue weighted by Crippen LogP contribution is -2.39. The lowest BCUT2D eigenvalue weighted by molar-refractivity contribution is -0.274. The van der Waals surface area contributed by atoms with Gasteiger partial charge >= 0.3 is 6.36 Å². The zero-order valence-corrected chi connectivity index (χ0v) is 16.0. The maximum absolute atomic E-state index is 12.1. The number of halogens is 5. The summed E-state index contributed by atoms with van der Waals surface area (Å²) in [7, 11) is 0. The summed E-state index contributed by atoms with van der Waals surface area (Å²) < 4.78 is 40.0. The highest BCUT2D eigenvalue weighted by atomic mass is 35.5. The molecule has 2 amide bonds. The minimum absolute atomic E-state index is 0.339. The Hall–Kier alpha value is -2.97. The molecule has 152 valence electrons. The average Bonchev–Trinajstić information content (AvgIpc) is 2.65. The highest BCUT2D eigenvalue weighted by Gasteiger charge is 2.30. The van der Waals surface area contributed by atoms with E-state index in [2.05, 4.69) is 15.6 Å². The van der Waals surface area contributed by atoms with Gasteiger partial charge in [0.2, 0.25) is 0 Å². The van der Waals surface area contributed by atoms with Crippen LogP contribution in [0.4, 0.5) is 13.2 Å². The summed E-state index contributed by atoms with van der Waals surface area (Å²) in [5, 5.41) is 0.723. The molecule has 0 unspecified atom stereocenters. The van der Waals surface area contributed by atoms with Crippen molar-refractivity contribution in [3.05, 3.63) is 75.8 Å². The van der Waals surface area contributed by atoms with Crippen LogP contribution in [0.3, 0.4) is 0 Å². The molecule has 0 heterocycles. The molecule has 2 N–H and O–H groups in total. The molecule has 0 saturated heterocycles. The van der Waals surface area contributed by atoms with Crippen molar-refractivity contribution in [3.63, 3.8) is 0 Å². The Bertz CT molecular complexity index is 943. The topological polar surface area (TPSA) is 67.4 Å². The number of hydrogen-bond donors (Lipinski definition) is 2. The van der Waals surface area contributed by atoms with Crippen LogP contribution < -0.4 is 15.6 Å². The summed E-state index contributed by atoms with van der Waals surface area (Å²) in [6.07, 6.45) is 0.337. The second kappa shape index (κ2) is 9.99. The Morgan fingerprint density at radius 1 is 0.828 bits per heavy atom. The van der Waals surface area contributed by atoms with Gasteiger partial charge in [0, 0.05) is 12.2 Å². The number of alkyl halides is 3. The van der Waals surface area contributed by atoms with Gasteiger partial charge < -0.3 is 4.74 Å². The number of carbonyl (C=O) groups excluding carboxylic acids is 2. The van der Waals surface area contributed by atoms with Gasteiger partial charge in [-0.05, 0) is 47.5 Å². The van der Waals surface area contributed by atoms with Crippen LogP contribution in [0.15, 0.2) is 54.6 Å². The van der Waals surface area contributed by atoms with E-state index < -0.39 is 18.2 Å². The van der Waals surface area contributed by atoms with Crippen LogP contribution in [-0.2, 0) is 9.59 Å². The molecule has 5 nitrogen and oxygen atoms in total.